The molecular formula is C53H28N4S2. The Bertz CT molecular complexity index is 3980. The Labute approximate surface area is 345 Å². The SMILES string of the molecule is [C-]#[N+]c1ccc2c(c1)c1cc3c(cc1n2-c1ccc2sc4cc(-c5nc(-c6ccccc6)c6ccc7ccccc7c6n5)ccc4c2c1)sc1cc2ccccc2cc13. The van der Waals surface area contributed by atoms with Crippen molar-refractivity contribution in [3.8, 4) is 28.3 Å². The van der Waals surface area contributed by atoms with Gasteiger partial charge in [0.2, 0.25) is 0 Å². The van der Waals surface area contributed by atoms with E-state index in [2.05, 4.69) is 167 Å². The first-order valence-corrected chi connectivity index (χ1v) is 21.2. The molecule has 13 rings (SSSR count). The second kappa shape index (κ2) is 12.3. The van der Waals surface area contributed by atoms with E-state index in [1.807, 2.05) is 23.5 Å². The molecule has 0 N–H and O–H groups in total. The van der Waals surface area contributed by atoms with E-state index in [4.69, 9.17) is 16.5 Å². The summed E-state index contributed by atoms with van der Waals surface area (Å²) in [5.74, 6) is 0.720. The highest BCUT2D eigenvalue weighted by molar-refractivity contribution is 7.26. The van der Waals surface area contributed by atoms with E-state index < -0.39 is 0 Å². The van der Waals surface area contributed by atoms with Crippen molar-refractivity contribution in [3.05, 3.63) is 181 Å². The van der Waals surface area contributed by atoms with Gasteiger partial charge in [0.15, 0.2) is 11.5 Å². The Balaban J connectivity index is 0.998. The molecule has 4 nitrogen and oxygen atoms in total. The van der Waals surface area contributed by atoms with Gasteiger partial charge in [0, 0.05) is 73.3 Å². The smallest absolute Gasteiger partial charge is 0.188 e. The van der Waals surface area contributed by atoms with Gasteiger partial charge in [-0.1, -0.05) is 103 Å². The molecule has 0 fully saturated rings. The van der Waals surface area contributed by atoms with Gasteiger partial charge in [-0.25, -0.2) is 14.8 Å². The lowest BCUT2D eigenvalue weighted by Crippen LogP contribution is -1.96. The lowest BCUT2D eigenvalue weighted by atomic mass is 10.0. The molecular weight excluding hydrogens is 757 g/mol. The van der Waals surface area contributed by atoms with Crippen molar-refractivity contribution >= 4 is 123 Å². The molecule has 0 amide bonds. The van der Waals surface area contributed by atoms with Gasteiger partial charge in [0.05, 0.1) is 28.8 Å². The maximum Gasteiger partial charge on any atom is 0.188 e. The Kier molecular flexibility index (Phi) is 6.80. The molecule has 0 aliphatic rings. The first-order chi connectivity index (χ1) is 29.1. The Morgan fingerprint density at radius 3 is 2.02 bits per heavy atom. The molecule has 0 atom stereocenters. The standard InChI is InChI=1S/C53H28N4S2/c1-54-35-17-21-45-40(26-35)41-28-44-42-23-32-12-5-6-13-33(32)24-49(42)59-50(44)29-46(41)57(45)36-18-22-47-43(27-36)38-19-16-34(25-48(38)58-47)53-55-51(31-10-3-2-4-11-31)39-20-15-30-9-7-8-14-37(30)52(39)56-53/h2-29H. The van der Waals surface area contributed by atoms with Crippen LogP contribution in [-0.4, -0.2) is 14.5 Å². The third kappa shape index (κ3) is 4.87. The first-order valence-electron chi connectivity index (χ1n) is 19.6. The zero-order valence-corrected chi connectivity index (χ0v) is 32.9. The molecule has 4 heterocycles. The van der Waals surface area contributed by atoms with Crippen molar-refractivity contribution in [1.82, 2.24) is 14.5 Å². The second-order valence-electron chi connectivity index (χ2n) is 15.2. The van der Waals surface area contributed by atoms with Crippen LogP contribution in [0.15, 0.2) is 170 Å². The summed E-state index contributed by atoms with van der Waals surface area (Å²) in [6, 6.07) is 60.8. The van der Waals surface area contributed by atoms with Crippen LogP contribution >= 0.6 is 22.7 Å². The summed E-state index contributed by atoms with van der Waals surface area (Å²) in [4.78, 5) is 14.3. The quantitative estimate of drug-likeness (QED) is 0.132. The number of thiophene rings is 2. The number of nitrogens with zero attached hydrogens (tertiary/aromatic N) is 4. The Morgan fingerprint density at radius 2 is 1.14 bits per heavy atom. The molecule has 0 unspecified atom stereocenters. The van der Waals surface area contributed by atoms with E-state index in [1.165, 1.54) is 51.1 Å². The Morgan fingerprint density at radius 1 is 0.424 bits per heavy atom. The van der Waals surface area contributed by atoms with Crippen LogP contribution in [0.5, 0.6) is 0 Å². The molecule has 59 heavy (non-hydrogen) atoms. The number of benzene rings is 9. The van der Waals surface area contributed by atoms with Crippen molar-refractivity contribution in [2.24, 2.45) is 0 Å². The molecule has 13 aromatic rings. The molecule has 0 spiro atoms. The molecule has 0 radical (unpaired) electrons. The Hall–Kier alpha value is -7.43. The summed E-state index contributed by atoms with van der Waals surface area (Å²) in [7, 11) is 0. The van der Waals surface area contributed by atoms with Crippen molar-refractivity contribution in [2.75, 3.05) is 0 Å². The van der Waals surface area contributed by atoms with Crippen LogP contribution in [0.2, 0.25) is 0 Å². The number of rotatable bonds is 3. The predicted octanol–water partition coefficient (Wildman–Crippen LogP) is 15.7. The van der Waals surface area contributed by atoms with E-state index in [0.29, 0.717) is 5.69 Å². The minimum absolute atomic E-state index is 0.646. The van der Waals surface area contributed by atoms with Gasteiger partial charge in [0.25, 0.3) is 0 Å². The van der Waals surface area contributed by atoms with Crippen molar-refractivity contribution in [2.45, 2.75) is 0 Å². The summed E-state index contributed by atoms with van der Waals surface area (Å²) in [6.07, 6.45) is 0. The van der Waals surface area contributed by atoms with Gasteiger partial charge in [-0.15, -0.1) is 22.7 Å². The summed E-state index contributed by atoms with van der Waals surface area (Å²) in [5.41, 5.74) is 7.95. The zero-order chi connectivity index (χ0) is 38.8. The third-order valence-corrected chi connectivity index (χ3v) is 14.2. The van der Waals surface area contributed by atoms with E-state index in [-0.39, 0.29) is 0 Å². The fourth-order valence-corrected chi connectivity index (χ4v) is 11.4. The molecule has 0 bridgehead atoms. The molecule has 4 aromatic heterocycles. The molecule has 0 aliphatic carbocycles. The fraction of sp³-hybridized carbons (Fsp3) is 0. The third-order valence-electron chi connectivity index (χ3n) is 11.9. The van der Waals surface area contributed by atoms with Crippen LogP contribution in [0, 0.1) is 6.57 Å². The van der Waals surface area contributed by atoms with Crippen molar-refractivity contribution in [1.29, 1.82) is 0 Å². The number of fused-ring (bicyclic) bond motifs is 13. The largest absolute Gasteiger partial charge is 0.309 e. The number of aromatic nitrogens is 3. The first kappa shape index (κ1) is 32.6. The number of hydrogen-bond acceptors (Lipinski definition) is 4. The molecule has 9 aromatic carbocycles. The van der Waals surface area contributed by atoms with Crippen LogP contribution in [0.3, 0.4) is 0 Å². The summed E-state index contributed by atoms with van der Waals surface area (Å²) in [5, 5.41) is 13.0. The molecule has 0 saturated carbocycles. The average molecular weight is 785 g/mol. The maximum atomic E-state index is 7.84. The number of hydrogen-bond donors (Lipinski definition) is 0. The average Bonchev–Trinajstić information content (AvgIpc) is 3.94. The highest BCUT2D eigenvalue weighted by Gasteiger charge is 2.19. The van der Waals surface area contributed by atoms with Gasteiger partial charge < -0.3 is 4.57 Å². The molecule has 0 aliphatic heterocycles. The van der Waals surface area contributed by atoms with Crippen LogP contribution < -0.4 is 0 Å². The molecule has 6 heteroatoms. The normalized spacial score (nSPS) is 12.1. The lowest BCUT2D eigenvalue weighted by Gasteiger charge is -2.11. The van der Waals surface area contributed by atoms with Gasteiger partial charge in [-0.3, -0.25) is 0 Å². The minimum Gasteiger partial charge on any atom is -0.309 e. The highest BCUT2D eigenvalue weighted by Crippen LogP contribution is 2.44. The van der Waals surface area contributed by atoms with Crippen LogP contribution in [-0.2, 0) is 0 Å². The zero-order valence-electron chi connectivity index (χ0n) is 31.3. The van der Waals surface area contributed by atoms with Crippen molar-refractivity contribution < 1.29 is 0 Å². The van der Waals surface area contributed by atoms with Crippen LogP contribution in [0.25, 0.3) is 128 Å². The van der Waals surface area contributed by atoms with E-state index in [0.717, 1.165) is 71.8 Å². The van der Waals surface area contributed by atoms with E-state index in [9.17, 15) is 0 Å². The fourth-order valence-electron chi connectivity index (χ4n) is 9.16. The maximum absolute atomic E-state index is 7.84. The van der Waals surface area contributed by atoms with Gasteiger partial charge >= 0.3 is 0 Å². The summed E-state index contributed by atoms with van der Waals surface area (Å²) >= 11 is 3.65. The monoisotopic (exact) mass is 784 g/mol. The highest BCUT2D eigenvalue weighted by atomic mass is 32.1. The molecule has 272 valence electrons. The second-order valence-corrected chi connectivity index (χ2v) is 17.4. The predicted molar refractivity (Wildman–Crippen MR) is 252 cm³/mol. The van der Waals surface area contributed by atoms with Gasteiger partial charge in [-0.05, 0) is 88.3 Å². The topological polar surface area (TPSA) is 35.1 Å². The minimum atomic E-state index is 0.646. The lowest BCUT2D eigenvalue weighted by molar-refractivity contribution is 1.19. The van der Waals surface area contributed by atoms with Gasteiger partial charge in [0.1, 0.15) is 0 Å². The summed E-state index contributed by atoms with van der Waals surface area (Å²) in [6.45, 7) is 7.84. The van der Waals surface area contributed by atoms with E-state index >= 15 is 0 Å². The van der Waals surface area contributed by atoms with E-state index in [1.54, 1.807) is 11.3 Å². The van der Waals surface area contributed by atoms with Gasteiger partial charge in [-0.2, -0.15) is 0 Å². The molecule has 0 saturated heterocycles. The summed E-state index contributed by atoms with van der Waals surface area (Å²) < 4.78 is 7.35. The van der Waals surface area contributed by atoms with Crippen LogP contribution in [0.4, 0.5) is 5.69 Å². The van der Waals surface area contributed by atoms with Crippen molar-refractivity contribution in [3.63, 3.8) is 0 Å². The van der Waals surface area contributed by atoms with Crippen LogP contribution in [0.1, 0.15) is 0 Å².